The number of aromatic nitrogens is 4. The Morgan fingerprint density at radius 2 is 1.88 bits per heavy atom. The molecule has 0 amide bonds. The van der Waals surface area contributed by atoms with Gasteiger partial charge >= 0.3 is 0 Å². The second-order valence-corrected chi connectivity index (χ2v) is 8.77. The first kappa shape index (κ1) is 21.1. The molecule has 0 radical (unpaired) electrons. The van der Waals surface area contributed by atoms with E-state index in [1.54, 1.807) is 11.5 Å². The number of anilines is 1. The highest BCUT2D eigenvalue weighted by atomic mass is 16.6. The van der Waals surface area contributed by atoms with E-state index in [2.05, 4.69) is 15.3 Å². The quantitative estimate of drug-likeness (QED) is 0.537. The summed E-state index contributed by atoms with van der Waals surface area (Å²) in [5.41, 5.74) is 3.19. The molecule has 5 rings (SSSR count). The third-order valence-electron chi connectivity index (χ3n) is 6.36. The maximum absolute atomic E-state index is 10.7. The van der Waals surface area contributed by atoms with Gasteiger partial charge < -0.3 is 25.0 Å². The zero-order valence-corrected chi connectivity index (χ0v) is 18.3. The number of hydrogen-bond acceptors (Lipinski definition) is 8. The van der Waals surface area contributed by atoms with E-state index in [9.17, 15) is 10.2 Å². The smallest absolute Gasteiger partial charge is 0.245 e. The summed E-state index contributed by atoms with van der Waals surface area (Å²) in [4.78, 5) is 13.5. The van der Waals surface area contributed by atoms with Gasteiger partial charge in [0.2, 0.25) is 11.8 Å². The van der Waals surface area contributed by atoms with E-state index in [1.165, 1.54) is 24.7 Å². The summed E-state index contributed by atoms with van der Waals surface area (Å²) in [5.74, 6) is 0.905. The summed E-state index contributed by atoms with van der Waals surface area (Å²) < 4.78 is 13.6. The summed E-state index contributed by atoms with van der Waals surface area (Å²) in [5, 5.41) is 24.4. The molecular formula is C23H29N5O4. The number of ether oxygens (including phenoxy) is 2. The minimum absolute atomic E-state index is 0.288. The number of aliphatic hydroxyl groups is 2. The molecule has 3 aromatic rings. The average Bonchev–Trinajstić information content (AvgIpc) is 3.49. The molecule has 3 N–H and O–H groups in total. The number of fused-ring (bicyclic) bond motifs is 1. The van der Waals surface area contributed by atoms with Gasteiger partial charge in [-0.1, -0.05) is 42.7 Å². The highest BCUT2D eigenvalue weighted by Crippen LogP contribution is 2.36. The molecule has 1 aliphatic carbocycles. The van der Waals surface area contributed by atoms with Gasteiger partial charge in [-0.3, -0.25) is 4.57 Å². The maximum Gasteiger partial charge on any atom is 0.245 e. The third-order valence-corrected chi connectivity index (χ3v) is 6.36. The molecule has 0 spiro atoms. The van der Waals surface area contributed by atoms with Gasteiger partial charge in [0.1, 0.15) is 25.1 Å². The Kier molecular flexibility index (Phi) is 5.71. The minimum Gasteiger partial charge on any atom is -0.471 e. The van der Waals surface area contributed by atoms with Crippen molar-refractivity contribution in [3.05, 3.63) is 41.7 Å². The Labute approximate surface area is 186 Å². The van der Waals surface area contributed by atoms with E-state index in [1.807, 2.05) is 31.2 Å². The average molecular weight is 440 g/mol. The number of rotatable bonds is 6. The number of nitrogens with one attached hydrogen (secondary N) is 1. The third kappa shape index (κ3) is 3.92. The van der Waals surface area contributed by atoms with E-state index in [0.29, 0.717) is 29.6 Å². The van der Waals surface area contributed by atoms with Crippen LogP contribution in [-0.4, -0.2) is 54.1 Å². The molecule has 1 aliphatic heterocycles. The van der Waals surface area contributed by atoms with Crippen LogP contribution in [0.1, 0.15) is 50.0 Å². The van der Waals surface area contributed by atoms with Gasteiger partial charge in [-0.15, -0.1) is 0 Å². The fourth-order valence-electron chi connectivity index (χ4n) is 4.47. The second kappa shape index (κ2) is 8.65. The van der Waals surface area contributed by atoms with Gasteiger partial charge in [0.15, 0.2) is 17.4 Å². The van der Waals surface area contributed by atoms with E-state index in [-0.39, 0.29) is 6.04 Å². The number of imidazole rings is 1. The van der Waals surface area contributed by atoms with E-state index < -0.39 is 24.5 Å². The van der Waals surface area contributed by atoms with Crippen molar-refractivity contribution in [2.45, 2.75) is 76.7 Å². The van der Waals surface area contributed by atoms with Crippen LogP contribution in [0.25, 0.3) is 11.2 Å². The lowest BCUT2D eigenvalue weighted by Gasteiger charge is -2.21. The first-order valence-electron chi connectivity index (χ1n) is 11.2. The summed E-state index contributed by atoms with van der Waals surface area (Å²) >= 11 is 0. The number of aliphatic hydroxyl groups excluding tert-OH is 2. The molecule has 2 aliphatic rings. The zero-order chi connectivity index (χ0) is 22.2. The Balaban J connectivity index is 1.51. The van der Waals surface area contributed by atoms with Crippen LogP contribution in [0.4, 0.5) is 5.95 Å². The predicted molar refractivity (Wildman–Crippen MR) is 118 cm³/mol. The van der Waals surface area contributed by atoms with Crippen LogP contribution >= 0.6 is 0 Å². The lowest BCUT2D eigenvalue weighted by atomic mass is 10.1. The van der Waals surface area contributed by atoms with Crippen molar-refractivity contribution in [2.24, 2.45) is 0 Å². The predicted octanol–water partition coefficient (Wildman–Crippen LogP) is 2.71. The van der Waals surface area contributed by atoms with Crippen molar-refractivity contribution < 1.29 is 19.7 Å². The van der Waals surface area contributed by atoms with Crippen LogP contribution in [0.2, 0.25) is 0 Å². The van der Waals surface area contributed by atoms with Crippen LogP contribution in [0, 0.1) is 6.92 Å². The van der Waals surface area contributed by atoms with Gasteiger partial charge in [-0.05, 0) is 32.3 Å². The van der Waals surface area contributed by atoms with Crippen LogP contribution in [-0.2, 0) is 11.3 Å². The lowest BCUT2D eigenvalue weighted by molar-refractivity contribution is -0.0287. The Morgan fingerprint density at radius 3 is 2.56 bits per heavy atom. The van der Waals surface area contributed by atoms with Crippen molar-refractivity contribution in [3.8, 4) is 5.88 Å². The molecule has 9 heteroatoms. The zero-order valence-electron chi connectivity index (χ0n) is 18.3. The number of benzene rings is 1. The molecule has 9 nitrogen and oxygen atoms in total. The molecule has 1 saturated heterocycles. The first-order valence-corrected chi connectivity index (χ1v) is 11.2. The van der Waals surface area contributed by atoms with Crippen LogP contribution < -0.4 is 10.1 Å². The summed E-state index contributed by atoms with van der Waals surface area (Å²) in [6.07, 6.45) is 2.46. The standard InChI is InChI=1S/C23H29N5O4/c1-13-7-9-15(10-8-13)11-31-21-17-20(24-12-25-21)28(22-19(30)18(29)14(2)32-22)23(27-17)26-16-5-3-4-6-16/h7-10,12,14,16,18-19,22,29-30H,3-6,11H2,1-2H3,(H,26,27)/t14-,18-,19-,22-/m1/s1. The van der Waals surface area contributed by atoms with Crippen molar-refractivity contribution in [1.29, 1.82) is 0 Å². The van der Waals surface area contributed by atoms with E-state index in [4.69, 9.17) is 14.5 Å². The van der Waals surface area contributed by atoms with Crippen LogP contribution in [0.15, 0.2) is 30.6 Å². The molecule has 1 saturated carbocycles. The lowest BCUT2D eigenvalue weighted by Crippen LogP contribution is -2.31. The molecule has 2 aromatic heterocycles. The number of nitrogens with zero attached hydrogens (tertiary/aromatic N) is 4. The normalized spacial score (nSPS) is 26.1. The van der Waals surface area contributed by atoms with Crippen LogP contribution in [0.5, 0.6) is 5.88 Å². The van der Waals surface area contributed by atoms with Crippen molar-refractivity contribution >= 4 is 17.1 Å². The van der Waals surface area contributed by atoms with Crippen molar-refractivity contribution in [1.82, 2.24) is 19.5 Å². The largest absolute Gasteiger partial charge is 0.471 e. The molecular weight excluding hydrogens is 410 g/mol. The van der Waals surface area contributed by atoms with Gasteiger partial charge in [0, 0.05) is 6.04 Å². The first-order chi connectivity index (χ1) is 15.5. The molecule has 0 bridgehead atoms. The second-order valence-electron chi connectivity index (χ2n) is 8.77. The topological polar surface area (TPSA) is 115 Å². The van der Waals surface area contributed by atoms with Gasteiger partial charge in [0.05, 0.1) is 6.10 Å². The maximum atomic E-state index is 10.7. The molecule has 170 valence electrons. The monoisotopic (exact) mass is 439 g/mol. The Bertz CT molecular complexity index is 1080. The molecule has 1 aromatic carbocycles. The molecule has 2 fully saturated rings. The fourth-order valence-corrected chi connectivity index (χ4v) is 4.47. The van der Waals surface area contributed by atoms with Crippen molar-refractivity contribution in [2.75, 3.05) is 5.32 Å². The molecule has 4 atom stereocenters. The van der Waals surface area contributed by atoms with Crippen LogP contribution in [0.3, 0.4) is 0 Å². The molecule has 32 heavy (non-hydrogen) atoms. The molecule has 0 unspecified atom stereocenters. The minimum atomic E-state index is -1.10. The van der Waals surface area contributed by atoms with Gasteiger partial charge in [-0.25, -0.2) is 9.97 Å². The highest BCUT2D eigenvalue weighted by Gasteiger charge is 2.43. The Hall–Kier alpha value is -2.75. The van der Waals surface area contributed by atoms with E-state index in [0.717, 1.165) is 18.4 Å². The number of hydrogen-bond donors (Lipinski definition) is 3. The number of aryl methyl sites for hydroxylation is 1. The van der Waals surface area contributed by atoms with Crippen molar-refractivity contribution in [3.63, 3.8) is 0 Å². The van der Waals surface area contributed by atoms with Gasteiger partial charge in [0.25, 0.3) is 0 Å². The van der Waals surface area contributed by atoms with E-state index >= 15 is 0 Å². The highest BCUT2D eigenvalue weighted by molar-refractivity contribution is 5.79. The SMILES string of the molecule is Cc1ccc(COc2ncnc3c2nc(NC2CCCC2)n3[C@@H]2O[C@H](C)[C@@H](O)[C@H]2O)cc1. The summed E-state index contributed by atoms with van der Waals surface area (Å²) in [6, 6.07) is 8.40. The summed E-state index contributed by atoms with van der Waals surface area (Å²) in [6.45, 7) is 4.13. The molecule has 3 heterocycles. The summed E-state index contributed by atoms with van der Waals surface area (Å²) in [7, 11) is 0. The van der Waals surface area contributed by atoms with Gasteiger partial charge in [-0.2, -0.15) is 4.98 Å². The Morgan fingerprint density at radius 1 is 1.12 bits per heavy atom. The fraction of sp³-hybridized carbons (Fsp3) is 0.522.